The number of ketones is 1. The fourth-order valence-electron chi connectivity index (χ4n) is 4.12. The number of carbonyl (C=O) groups excluding carboxylic acids is 2. The molecule has 9 heteroatoms. The molecule has 1 saturated heterocycles. The largest absolute Gasteiger partial charge is 0.324 e. The summed E-state index contributed by atoms with van der Waals surface area (Å²) in [5.74, 6) is -0.803. The average molecular weight is 496 g/mol. The molecule has 3 aromatic rings. The Hall–Kier alpha value is -3.40. The maximum absolute atomic E-state index is 13.3. The number of amides is 1. The topological polar surface area (TPSA) is 86.8 Å². The Morgan fingerprint density at radius 3 is 2.03 bits per heavy atom. The average Bonchev–Trinajstić information content (AvgIpc) is 2.86. The summed E-state index contributed by atoms with van der Waals surface area (Å²) in [5.41, 5.74) is 1.71. The van der Waals surface area contributed by atoms with Gasteiger partial charge in [-0.1, -0.05) is 42.5 Å². The third kappa shape index (κ3) is 5.64. The van der Waals surface area contributed by atoms with Gasteiger partial charge in [-0.15, -0.1) is 0 Å². The minimum absolute atomic E-state index is 0.129. The van der Waals surface area contributed by atoms with Crippen molar-refractivity contribution in [3.8, 4) is 0 Å². The van der Waals surface area contributed by atoms with Gasteiger partial charge in [0, 0.05) is 37.4 Å². The predicted octanol–water partition coefficient (Wildman–Crippen LogP) is 3.71. The number of hydrogen-bond acceptors (Lipinski definition) is 5. The molecule has 0 saturated carbocycles. The van der Waals surface area contributed by atoms with E-state index in [1.807, 2.05) is 35.2 Å². The molecule has 1 fully saturated rings. The first-order valence-electron chi connectivity index (χ1n) is 11.2. The van der Waals surface area contributed by atoms with E-state index in [4.69, 9.17) is 0 Å². The molecule has 1 N–H and O–H groups in total. The Labute approximate surface area is 204 Å². The molecule has 4 rings (SSSR count). The van der Waals surface area contributed by atoms with Crippen molar-refractivity contribution in [1.82, 2.24) is 9.21 Å². The standard InChI is InChI=1S/C26H26FN3O4S/c1-19(31)20-7-13-24(14-8-20)35(33,34)30-17-15-29(16-18-30)25(21-5-3-2-4-6-21)26(32)28-23-11-9-22(27)10-12-23/h2-14,25H,15-18H2,1H3,(H,28,32). The number of piperazine rings is 1. The van der Waals surface area contributed by atoms with Crippen LogP contribution in [0.3, 0.4) is 0 Å². The first kappa shape index (κ1) is 24.7. The van der Waals surface area contributed by atoms with Gasteiger partial charge in [0.15, 0.2) is 5.78 Å². The van der Waals surface area contributed by atoms with E-state index in [1.54, 1.807) is 0 Å². The van der Waals surface area contributed by atoms with Crippen molar-refractivity contribution >= 4 is 27.4 Å². The van der Waals surface area contributed by atoms with Crippen LogP contribution in [0, 0.1) is 5.82 Å². The molecule has 0 radical (unpaired) electrons. The van der Waals surface area contributed by atoms with Crippen LogP contribution in [0.25, 0.3) is 0 Å². The second kappa shape index (κ2) is 10.5. The monoisotopic (exact) mass is 495 g/mol. The summed E-state index contributed by atoms with van der Waals surface area (Å²) in [6.45, 7) is 2.55. The summed E-state index contributed by atoms with van der Waals surface area (Å²) in [4.78, 5) is 26.8. The second-order valence-electron chi connectivity index (χ2n) is 8.33. The molecule has 182 valence electrons. The van der Waals surface area contributed by atoms with Gasteiger partial charge in [0.1, 0.15) is 11.9 Å². The van der Waals surface area contributed by atoms with Crippen molar-refractivity contribution in [2.45, 2.75) is 17.9 Å². The van der Waals surface area contributed by atoms with Crippen LogP contribution in [0.4, 0.5) is 10.1 Å². The molecule has 0 aromatic heterocycles. The highest BCUT2D eigenvalue weighted by Crippen LogP contribution is 2.26. The van der Waals surface area contributed by atoms with Crippen molar-refractivity contribution in [2.75, 3.05) is 31.5 Å². The van der Waals surface area contributed by atoms with Crippen LogP contribution in [0.2, 0.25) is 0 Å². The van der Waals surface area contributed by atoms with Gasteiger partial charge in [0.2, 0.25) is 15.9 Å². The van der Waals surface area contributed by atoms with E-state index in [-0.39, 0.29) is 29.7 Å². The highest BCUT2D eigenvalue weighted by Gasteiger charge is 2.34. The summed E-state index contributed by atoms with van der Waals surface area (Å²) < 4.78 is 40.9. The van der Waals surface area contributed by atoms with E-state index < -0.39 is 21.9 Å². The van der Waals surface area contributed by atoms with Gasteiger partial charge in [0.25, 0.3) is 0 Å². The van der Waals surface area contributed by atoms with E-state index >= 15 is 0 Å². The number of hydrogen-bond donors (Lipinski definition) is 1. The second-order valence-corrected chi connectivity index (χ2v) is 10.3. The van der Waals surface area contributed by atoms with Gasteiger partial charge in [-0.05, 0) is 48.9 Å². The molecule has 1 aliphatic rings. The van der Waals surface area contributed by atoms with Gasteiger partial charge in [-0.25, -0.2) is 12.8 Å². The number of benzene rings is 3. The summed E-state index contributed by atoms with van der Waals surface area (Å²) in [6.07, 6.45) is 0. The summed E-state index contributed by atoms with van der Waals surface area (Å²) in [5, 5.41) is 2.84. The maximum Gasteiger partial charge on any atom is 0.246 e. The summed E-state index contributed by atoms with van der Waals surface area (Å²) in [7, 11) is -3.73. The Balaban J connectivity index is 1.50. The number of halogens is 1. The minimum atomic E-state index is -3.73. The van der Waals surface area contributed by atoms with Crippen molar-refractivity contribution in [2.24, 2.45) is 0 Å². The maximum atomic E-state index is 13.3. The molecule has 0 bridgehead atoms. The van der Waals surface area contributed by atoms with Crippen molar-refractivity contribution in [3.05, 3.63) is 95.8 Å². The number of nitrogens with zero attached hydrogens (tertiary/aromatic N) is 2. The van der Waals surface area contributed by atoms with E-state index in [1.165, 1.54) is 59.8 Å². The van der Waals surface area contributed by atoms with Gasteiger partial charge in [-0.3, -0.25) is 14.5 Å². The van der Waals surface area contributed by atoms with Gasteiger partial charge < -0.3 is 5.32 Å². The number of nitrogens with one attached hydrogen (secondary N) is 1. The molecule has 1 unspecified atom stereocenters. The molecule has 1 amide bonds. The van der Waals surface area contributed by atoms with Gasteiger partial charge in [0.05, 0.1) is 4.90 Å². The van der Waals surface area contributed by atoms with E-state index in [0.29, 0.717) is 24.3 Å². The Kier molecular flexibility index (Phi) is 7.39. The quantitative estimate of drug-likeness (QED) is 0.505. The van der Waals surface area contributed by atoms with Crippen LogP contribution in [-0.4, -0.2) is 55.5 Å². The molecule has 1 aliphatic heterocycles. The lowest BCUT2D eigenvalue weighted by Gasteiger charge is -2.38. The SMILES string of the molecule is CC(=O)c1ccc(S(=O)(=O)N2CCN(C(C(=O)Nc3ccc(F)cc3)c3ccccc3)CC2)cc1. The minimum Gasteiger partial charge on any atom is -0.324 e. The lowest BCUT2D eigenvalue weighted by atomic mass is 10.0. The van der Waals surface area contributed by atoms with Crippen LogP contribution in [0.5, 0.6) is 0 Å². The molecule has 1 atom stereocenters. The molecule has 0 aliphatic carbocycles. The normalized spacial score (nSPS) is 15.9. The zero-order valence-corrected chi connectivity index (χ0v) is 20.0. The fraction of sp³-hybridized carbons (Fsp3) is 0.231. The molecule has 0 spiro atoms. The van der Waals surface area contributed by atoms with E-state index in [2.05, 4.69) is 5.32 Å². The molecule has 3 aromatic carbocycles. The number of sulfonamides is 1. The van der Waals surface area contributed by atoms with Crippen molar-refractivity contribution < 1.29 is 22.4 Å². The summed E-state index contributed by atoms with van der Waals surface area (Å²) in [6, 6.07) is 20.1. The van der Waals surface area contributed by atoms with Crippen molar-refractivity contribution in [1.29, 1.82) is 0 Å². The Morgan fingerprint density at radius 2 is 1.46 bits per heavy atom. The number of anilines is 1. The van der Waals surface area contributed by atoms with Crippen LogP contribution >= 0.6 is 0 Å². The summed E-state index contributed by atoms with van der Waals surface area (Å²) >= 11 is 0. The zero-order chi connectivity index (χ0) is 25.0. The predicted molar refractivity (Wildman–Crippen MR) is 131 cm³/mol. The van der Waals surface area contributed by atoms with Crippen LogP contribution in [0.15, 0.2) is 83.8 Å². The number of rotatable bonds is 7. The molecular weight excluding hydrogens is 469 g/mol. The Morgan fingerprint density at radius 1 is 0.857 bits per heavy atom. The first-order chi connectivity index (χ1) is 16.8. The lowest BCUT2D eigenvalue weighted by molar-refractivity contribution is -0.122. The van der Waals surface area contributed by atoms with Crippen LogP contribution < -0.4 is 5.32 Å². The lowest BCUT2D eigenvalue weighted by Crippen LogP contribution is -2.51. The number of carbonyl (C=O) groups is 2. The first-order valence-corrected chi connectivity index (χ1v) is 12.7. The van der Waals surface area contributed by atoms with Crippen LogP contribution in [0.1, 0.15) is 28.9 Å². The fourth-order valence-corrected chi connectivity index (χ4v) is 5.54. The molecule has 1 heterocycles. The molecule has 7 nitrogen and oxygen atoms in total. The molecular formula is C26H26FN3O4S. The smallest absolute Gasteiger partial charge is 0.246 e. The highest BCUT2D eigenvalue weighted by atomic mass is 32.2. The highest BCUT2D eigenvalue weighted by molar-refractivity contribution is 7.89. The third-order valence-electron chi connectivity index (χ3n) is 6.01. The third-order valence-corrected chi connectivity index (χ3v) is 7.93. The van der Waals surface area contributed by atoms with Gasteiger partial charge in [-0.2, -0.15) is 4.31 Å². The Bertz CT molecular complexity index is 1290. The molecule has 35 heavy (non-hydrogen) atoms. The van der Waals surface area contributed by atoms with Gasteiger partial charge >= 0.3 is 0 Å². The number of Topliss-reactive ketones (excluding diaryl/α,β-unsaturated/α-hetero) is 1. The zero-order valence-electron chi connectivity index (χ0n) is 19.2. The van der Waals surface area contributed by atoms with Crippen LogP contribution in [-0.2, 0) is 14.8 Å². The van der Waals surface area contributed by atoms with E-state index in [9.17, 15) is 22.4 Å². The van der Waals surface area contributed by atoms with Crippen molar-refractivity contribution in [3.63, 3.8) is 0 Å². The van der Waals surface area contributed by atoms with E-state index in [0.717, 1.165) is 5.56 Å².